The first-order chi connectivity index (χ1) is 4.90. The van der Waals surface area contributed by atoms with Crippen LogP contribution in [0.2, 0.25) is 0 Å². The number of aromatic nitrogens is 2. The van der Waals surface area contributed by atoms with Gasteiger partial charge >= 0.3 is 0 Å². The van der Waals surface area contributed by atoms with E-state index in [0.717, 1.165) is 16.2 Å². The van der Waals surface area contributed by atoms with Crippen LogP contribution < -0.4 is 0 Å². The van der Waals surface area contributed by atoms with E-state index < -0.39 is 0 Å². The van der Waals surface area contributed by atoms with E-state index in [2.05, 4.69) is 15.3 Å². The number of nitrogens with zero attached hydrogens (tertiary/aromatic N) is 1. The maximum atomic E-state index is 4.31. The van der Waals surface area contributed by atoms with Crippen LogP contribution in [0.4, 0.5) is 0 Å². The molecule has 0 radical (unpaired) electrons. The quantitative estimate of drug-likeness (QED) is 0.665. The molecule has 0 fully saturated rings. The first-order valence-electron chi connectivity index (χ1n) is 2.86. The molecule has 2 rings (SSSR count). The monoisotopic (exact) mass is 170 g/mol. The van der Waals surface area contributed by atoms with E-state index in [1.165, 1.54) is 0 Å². The van der Waals surface area contributed by atoms with Crippen molar-refractivity contribution in [2.75, 3.05) is 6.26 Å². The fourth-order valence-corrected chi connectivity index (χ4v) is 1.91. The second-order valence-electron chi connectivity index (χ2n) is 1.92. The van der Waals surface area contributed by atoms with Gasteiger partial charge in [-0.25, -0.2) is 4.98 Å². The van der Waals surface area contributed by atoms with Crippen molar-refractivity contribution in [2.45, 2.75) is 5.16 Å². The van der Waals surface area contributed by atoms with Crippen molar-refractivity contribution in [1.82, 2.24) is 9.97 Å². The number of H-pyrrole nitrogens is 1. The number of nitrogens with one attached hydrogen (secondary N) is 1. The number of aromatic amines is 1. The molecular formula is C6H6N2S2. The van der Waals surface area contributed by atoms with E-state index >= 15 is 0 Å². The van der Waals surface area contributed by atoms with Gasteiger partial charge in [0.15, 0.2) is 5.16 Å². The lowest BCUT2D eigenvalue weighted by molar-refractivity contribution is 1.09. The molecule has 0 unspecified atom stereocenters. The highest BCUT2D eigenvalue weighted by Gasteiger charge is 1.99. The summed E-state index contributed by atoms with van der Waals surface area (Å²) >= 11 is 3.31. The van der Waals surface area contributed by atoms with Crippen molar-refractivity contribution in [2.24, 2.45) is 0 Å². The molecule has 2 heterocycles. The highest BCUT2D eigenvalue weighted by molar-refractivity contribution is 7.98. The van der Waals surface area contributed by atoms with Gasteiger partial charge in [-0.1, -0.05) is 11.8 Å². The molecule has 10 heavy (non-hydrogen) atoms. The van der Waals surface area contributed by atoms with Gasteiger partial charge in [0.1, 0.15) is 5.52 Å². The highest BCUT2D eigenvalue weighted by atomic mass is 32.2. The molecule has 0 spiro atoms. The zero-order valence-corrected chi connectivity index (χ0v) is 7.05. The van der Waals surface area contributed by atoms with E-state index in [4.69, 9.17) is 0 Å². The van der Waals surface area contributed by atoms with Gasteiger partial charge < -0.3 is 4.98 Å². The van der Waals surface area contributed by atoms with Gasteiger partial charge in [0.2, 0.25) is 0 Å². The van der Waals surface area contributed by atoms with Gasteiger partial charge in [0.25, 0.3) is 0 Å². The average Bonchev–Trinajstić information content (AvgIpc) is 2.42. The van der Waals surface area contributed by atoms with Crippen LogP contribution in [0.1, 0.15) is 0 Å². The summed E-state index contributed by atoms with van der Waals surface area (Å²) in [5, 5.41) is 5.12. The molecule has 52 valence electrons. The molecule has 0 amide bonds. The lowest BCUT2D eigenvalue weighted by Gasteiger charge is -1.81. The molecular weight excluding hydrogens is 164 g/mol. The van der Waals surface area contributed by atoms with Gasteiger partial charge in [-0.15, -0.1) is 11.3 Å². The number of hydrogen-bond donors (Lipinski definition) is 1. The summed E-state index contributed by atoms with van der Waals surface area (Å²) in [7, 11) is 0. The Morgan fingerprint density at radius 1 is 1.60 bits per heavy atom. The van der Waals surface area contributed by atoms with Crippen LogP contribution >= 0.6 is 23.1 Å². The number of thioether (sulfide) groups is 1. The van der Waals surface area contributed by atoms with Crippen molar-refractivity contribution in [3.05, 3.63) is 10.8 Å². The first-order valence-corrected chi connectivity index (χ1v) is 5.03. The van der Waals surface area contributed by atoms with Crippen LogP contribution in [0.25, 0.3) is 11.0 Å². The fraction of sp³-hybridized carbons (Fsp3) is 0.167. The molecule has 2 aromatic rings. The molecule has 4 heteroatoms. The number of hydrogen-bond acceptors (Lipinski definition) is 3. The SMILES string of the molecule is CSc1nc2cscc2[nH]1. The van der Waals surface area contributed by atoms with Crippen molar-refractivity contribution in [1.29, 1.82) is 0 Å². The summed E-state index contributed by atoms with van der Waals surface area (Å²) in [5.74, 6) is 0. The third kappa shape index (κ3) is 0.839. The Morgan fingerprint density at radius 3 is 3.20 bits per heavy atom. The lowest BCUT2D eigenvalue weighted by Crippen LogP contribution is -1.68. The maximum Gasteiger partial charge on any atom is 0.166 e. The molecule has 0 aromatic carbocycles. The molecule has 0 aliphatic carbocycles. The zero-order chi connectivity index (χ0) is 6.97. The molecule has 0 aliphatic heterocycles. The Morgan fingerprint density at radius 2 is 2.50 bits per heavy atom. The summed E-state index contributed by atoms with van der Waals surface area (Å²) in [6, 6.07) is 0. The second-order valence-corrected chi connectivity index (χ2v) is 3.46. The smallest absolute Gasteiger partial charge is 0.166 e. The van der Waals surface area contributed by atoms with Crippen molar-refractivity contribution < 1.29 is 0 Å². The van der Waals surface area contributed by atoms with E-state index in [9.17, 15) is 0 Å². The van der Waals surface area contributed by atoms with Gasteiger partial charge in [0.05, 0.1) is 5.52 Å². The van der Waals surface area contributed by atoms with E-state index in [1.807, 2.05) is 11.6 Å². The summed E-state index contributed by atoms with van der Waals surface area (Å²) < 4.78 is 0. The molecule has 2 aromatic heterocycles. The summed E-state index contributed by atoms with van der Waals surface area (Å²) in [4.78, 5) is 7.50. The highest BCUT2D eigenvalue weighted by Crippen LogP contribution is 2.19. The van der Waals surface area contributed by atoms with E-state index in [-0.39, 0.29) is 0 Å². The largest absolute Gasteiger partial charge is 0.332 e. The number of fused-ring (bicyclic) bond motifs is 1. The Balaban J connectivity index is 2.67. The van der Waals surface area contributed by atoms with Crippen LogP contribution in [-0.4, -0.2) is 16.2 Å². The Labute approximate surface area is 66.7 Å². The Hall–Kier alpha value is -0.480. The van der Waals surface area contributed by atoms with Gasteiger partial charge in [0, 0.05) is 10.8 Å². The van der Waals surface area contributed by atoms with Crippen LogP contribution in [-0.2, 0) is 0 Å². The number of rotatable bonds is 1. The van der Waals surface area contributed by atoms with Crippen LogP contribution in [0.3, 0.4) is 0 Å². The van der Waals surface area contributed by atoms with Crippen LogP contribution in [0.5, 0.6) is 0 Å². The minimum absolute atomic E-state index is 0.998. The average molecular weight is 170 g/mol. The molecule has 0 bridgehead atoms. The minimum Gasteiger partial charge on any atom is -0.332 e. The Kier molecular flexibility index (Phi) is 1.43. The first kappa shape index (κ1) is 6.24. The number of thiophene rings is 1. The Bertz CT molecular complexity index is 307. The molecule has 0 aliphatic rings. The van der Waals surface area contributed by atoms with Gasteiger partial charge in [-0.2, -0.15) is 0 Å². The predicted octanol–water partition coefficient (Wildman–Crippen LogP) is 2.35. The number of imidazole rings is 1. The zero-order valence-electron chi connectivity index (χ0n) is 5.42. The summed E-state index contributed by atoms with van der Waals surface area (Å²) in [5.41, 5.74) is 2.23. The second kappa shape index (κ2) is 2.29. The van der Waals surface area contributed by atoms with Crippen molar-refractivity contribution in [3.8, 4) is 0 Å². The molecule has 0 saturated carbocycles. The van der Waals surface area contributed by atoms with Crippen molar-refractivity contribution in [3.63, 3.8) is 0 Å². The van der Waals surface area contributed by atoms with Gasteiger partial charge in [-0.3, -0.25) is 0 Å². The normalized spacial score (nSPS) is 10.9. The van der Waals surface area contributed by atoms with E-state index in [0.29, 0.717) is 0 Å². The van der Waals surface area contributed by atoms with Crippen LogP contribution in [0, 0.1) is 0 Å². The fourth-order valence-electron chi connectivity index (χ4n) is 0.820. The van der Waals surface area contributed by atoms with Gasteiger partial charge in [-0.05, 0) is 6.26 Å². The van der Waals surface area contributed by atoms with E-state index in [1.54, 1.807) is 23.1 Å². The minimum atomic E-state index is 0.998. The summed E-state index contributed by atoms with van der Waals surface area (Å²) in [6.07, 6.45) is 2.02. The maximum absolute atomic E-state index is 4.31. The molecule has 0 saturated heterocycles. The topological polar surface area (TPSA) is 28.7 Å². The molecule has 1 N–H and O–H groups in total. The standard InChI is InChI=1S/C6H6N2S2/c1-9-6-7-4-2-10-3-5(4)8-6/h2-3H,1H3,(H,7,8). The third-order valence-corrected chi connectivity index (χ3v) is 2.61. The molecule has 2 nitrogen and oxygen atoms in total. The predicted molar refractivity (Wildman–Crippen MR) is 45.8 cm³/mol. The lowest BCUT2D eigenvalue weighted by atomic mass is 10.5. The van der Waals surface area contributed by atoms with Crippen LogP contribution in [0.15, 0.2) is 15.9 Å². The summed E-state index contributed by atoms with van der Waals surface area (Å²) in [6.45, 7) is 0. The third-order valence-electron chi connectivity index (χ3n) is 1.30. The van der Waals surface area contributed by atoms with Crippen molar-refractivity contribution >= 4 is 34.1 Å². The molecule has 0 atom stereocenters.